The van der Waals surface area contributed by atoms with E-state index in [1.807, 2.05) is 24.5 Å². The van der Waals surface area contributed by atoms with Crippen molar-refractivity contribution in [3.05, 3.63) is 30.1 Å². The van der Waals surface area contributed by atoms with Gasteiger partial charge in [-0.25, -0.2) is 0 Å². The number of aliphatic hydroxyl groups excluding tert-OH is 1. The van der Waals surface area contributed by atoms with Crippen molar-refractivity contribution in [1.29, 1.82) is 0 Å². The van der Waals surface area contributed by atoms with Gasteiger partial charge in [-0.05, 0) is 42.4 Å². The van der Waals surface area contributed by atoms with Crippen LogP contribution >= 0.6 is 0 Å². The molecule has 0 fully saturated rings. The standard InChI is InChI=1S/C12H19NO/c1-10(2)12(9-14)4-3-11-5-7-13-8-6-11/h5-8,10,12,14H,3-4,9H2,1-2H3/t12-/m1/s1. The van der Waals surface area contributed by atoms with Crippen LogP contribution in [0.3, 0.4) is 0 Å². The van der Waals surface area contributed by atoms with Gasteiger partial charge in [0.2, 0.25) is 0 Å². The van der Waals surface area contributed by atoms with Gasteiger partial charge >= 0.3 is 0 Å². The van der Waals surface area contributed by atoms with Crippen LogP contribution in [0.1, 0.15) is 25.8 Å². The number of rotatable bonds is 5. The predicted octanol–water partition coefficient (Wildman–Crippen LogP) is 2.28. The van der Waals surface area contributed by atoms with E-state index in [9.17, 15) is 0 Å². The zero-order valence-electron chi connectivity index (χ0n) is 8.98. The fourth-order valence-corrected chi connectivity index (χ4v) is 1.54. The van der Waals surface area contributed by atoms with Crippen molar-refractivity contribution < 1.29 is 5.11 Å². The Bertz CT molecular complexity index is 246. The summed E-state index contributed by atoms with van der Waals surface area (Å²) in [6, 6.07) is 4.07. The first-order chi connectivity index (χ1) is 6.74. The average molecular weight is 193 g/mol. The Morgan fingerprint density at radius 2 is 1.93 bits per heavy atom. The van der Waals surface area contributed by atoms with E-state index in [0.717, 1.165) is 12.8 Å². The monoisotopic (exact) mass is 193 g/mol. The summed E-state index contributed by atoms with van der Waals surface area (Å²) in [6.07, 6.45) is 5.72. The molecular weight excluding hydrogens is 174 g/mol. The Morgan fingerprint density at radius 3 is 2.43 bits per heavy atom. The molecule has 1 aromatic heterocycles. The molecule has 2 nitrogen and oxygen atoms in total. The second kappa shape index (κ2) is 5.76. The SMILES string of the molecule is CC(C)[C@@H](CO)CCc1ccncc1. The van der Waals surface area contributed by atoms with Crippen LogP contribution in [0.25, 0.3) is 0 Å². The maximum absolute atomic E-state index is 9.16. The van der Waals surface area contributed by atoms with Gasteiger partial charge in [0.25, 0.3) is 0 Å². The Morgan fingerprint density at radius 1 is 1.29 bits per heavy atom. The summed E-state index contributed by atoms with van der Waals surface area (Å²) in [7, 11) is 0. The smallest absolute Gasteiger partial charge is 0.0461 e. The predicted molar refractivity (Wildman–Crippen MR) is 58.0 cm³/mol. The van der Waals surface area contributed by atoms with Crippen LogP contribution in [0.5, 0.6) is 0 Å². The van der Waals surface area contributed by atoms with Crippen molar-refractivity contribution >= 4 is 0 Å². The molecule has 1 heterocycles. The molecule has 78 valence electrons. The van der Waals surface area contributed by atoms with E-state index in [2.05, 4.69) is 18.8 Å². The van der Waals surface area contributed by atoms with Gasteiger partial charge in [0.1, 0.15) is 0 Å². The highest BCUT2D eigenvalue weighted by atomic mass is 16.3. The first kappa shape index (κ1) is 11.2. The lowest BCUT2D eigenvalue weighted by Gasteiger charge is -2.17. The van der Waals surface area contributed by atoms with Crippen LogP contribution in [0, 0.1) is 11.8 Å². The summed E-state index contributed by atoms with van der Waals surface area (Å²) in [6.45, 7) is 4.61. The topological polar surface area (TPSA) is 33.1 Å². The third-order valence-electron chi connectivity index (χ3n) is 2.73. The molecule has 0 saturated carbocycles. The van der Waals surface area contributed by atoms with Crippen LogP contribution in [0.2, 0.25) is 0 Å². The van der Waals surface area contributed by atoms with Crippen LogP contribution in [-0.2, 0) is 6.42 Å². The minimum absolute atomic E-state index is 0.294. The van der Waals surface area contributed by atoms with Crippen LogP contribution in [0.4, 0.5) is 0 Å². The lowest BCUT2D eigenvalue weighted by atomic mass is 9.90. The Balaban J connectivity index is 2.40. The van der Waals surface area contributed by atoms with Crippen molar-refractivity contribution in [3.63, 3.8) is 0 Å². The lowest BCUT2D eigenvalue weighted by molar-refractivity contribution is 0.181. The number of aryl methyl sites for hydroxylation is 1. The quantitative estimate of drug-likeness (QED) is 0.778. The molecule has 2 heteroatoms. The van der Waals surface area contributed by atoms with Crippen molar-refractivity contribution in [2.75, 3.05) is 6.61 Å². The Labute approximate surface area is 86.0 Å². The largest absolute Gasteiger partial charge is 0.396 e. The molecule has 14 heavy (non-hydrogen) atoms. The molecule has 0 saturated heterocycles. The molecule has 0 bridgehead atoms. The summed E-state index contributed by atoms with van der Waals surface area (Å²) in [5.41, 5.74) is 1.30. The minimum atomic E-state index is 0.294. The van der Waals surface area contributed by atoms with Gasteiger partial charge in [0, 0.05) is 19.0 Å². The van der Waals surface area contributed by atoms with Gasteiger partial charge in [-0.1, -0.05) is 13.8 Å². The highest BCUT2D eigenvalue weighted by Gasteiger charge is 2.11. The molecule has 0 amide bonds. The second-order valence-corrected chi connectivity index (χ2v) is 4.08. The molecule has 1 N–H and O–H groups in total. The van der Waals surface area contributed by atoms with Crippen LogP contribution in [0.15, 0.2) is 24.5 Å². The van der Waals surface area contributed by atoms with E-state index < -0.39 is 0 Å². The molecule has 0 unspecified atom stereocenters. The average Bonchev–Trinajstić information content (AvgIpc) is 2.20. The molecule has 1 atom stereocenters. The molecule has 0 aliphatic carbocycles. The van der Waals surface area contributed by atoms with Crippen LogP contribution < -0.4 is 0 Å². The van der Waals surface area contributed by atoms with E-state index in [1.54, 1.807) is 0 Å². The zero-order chi connectivity index (χ0) is 10.4. The third-order valence-corrected chi connectivity index (χ3v) is 2.73. The van der Waals surface area contributed by atoms with Crippen molar-refractivity contribution in [3.8, 4) is 0 Å². The van der Waals surface area contributed by atoms with Gasteiger partial charge in [0.05, 0.1) is 0 Å². The van der Waals surface area contributed by atoms with Gasteiger partial charge in [-0.3, -0.25) is 4.98 Å². The number of hydrogen-bond donors (Lipinski definition) is 1. The summed E-state index contributed by atoms with van der Waals surface area (Å²) >= 11 is 0. The number of nitrogens with zero attached hydrogens (tertiary/aromatic N) is 1. The number of pyridine rings is 1. The maximum atomic E-state index is 9.16. The molecule has 0 radical (unpaired) electrons. The fourth-order valence-electron chi connectivity index (χ4n) is 1.54. The molecule has 1 rings (SSSR count). The van der Waals surface area contributed by atoms with Crippen molar-refractivity contribution in [2.45, 2.75) is 26.7 Å². The molecule has 1 aromatic rings. The number of aromatic nitrogens is 1. The number of aliphatic hydroxyl groups is 1. The Kier molecular flexibility index (Phi) is 4.60. The molecule has 0 aliphatic heterocycles. The minimum Gasteiger partial charge on any atom is -0.396 e. The highest BCUT2D eigenvalue weighted by Crippen LogP contribution is 2.16. The first-order valence-corrected chi connectivity index (χ1v) is 5.23. The third kappa shape index (κ3) is 3.46. The summed E-state index contributed by atoms with van der Waals surface area (Å²) in [4.78, 5) is 3.98. The van der Waals surface area contributed by atoms with E-state index in [1.165, 1.54) is 5.56 Å². The fraction of sp³-hybridized carbons (Fsp3) is 0.583. The summed E-state index contributed by atoms with van der Waals surface area (Å²) < 4.78 is 0. The van der Waals surface area contributed by atoms with Gasteiger partial charge < -0.3 is 5.11 Å². The van der Waals surface area contributed by atoms with E-state index in [0.29, 0.717) is 18.4 Å². The molecular formula is C12H19NO. The lowest BCUT2D eigenvalue weighted by Crippen LogP contribution is -2.14. The number of hydrogen-bond acceptors (Lipinski definition) is 2. The Hall–Kier alpha value is -0.890. The van der Waals surface area contributed by atoms with Gasteiger partial charge in [-0.2, -0.15) is 0 Å². The summed E-state index contributed by atoms with van der Waals surface area (Å²) in [5, 5.41) is 9.16. The zero-order valence-corrected chi connectivity index (χ0v) is 8.98. The maximum Gasteiger partial charge on any atom is 0.0461 e. The van der Waals surface area contributed by atoms with Crippen molar-refractivity contribution in [2.24, 2.45) is 11.8 Å². The van der Waals surface area contributed by atoms with Gasteiger partial charge in [-0.15, -0.1) is 0 Å². The molecule has 0 spiro atoms. The second-order valence-electron chi connectivity index (χ2n) is 4.08. The van der Waals surface area contributed by atoms with E-state index >= 15 is 0 Å². The van der Waals surface area contributed by atoms with Gasteiger partial charge in [0.15, 0.2) is 0 Å². The summed E-state index contributed by atoms with van der Waals surface area (Å²) in [5.74, 6) is 0.977. The van der Waals surface area contributed by atoms with Crippen molar-refractivity contribution in [1.82, 2.24) is 4.98 Å². The van der Waals surface area contributed by atoms with E-state index in [-0.39, 0.29) is 0 Å². The first-order valence-electron chi connectivity index (χ1n) is 5.23. The van der Waals surface area contributed by atoms with Crippen LogP contribution in [-0.4, -0.2) is 16.7 Å². The molecule has 0 aliphatic rings. The normalized spacial score (nSPS) is 13.1. The highest BCUT2D eigenvalue weighted by molar-refractivity contribution is 5.09. The molecule has 0 aromatic carbocycles. The van der Waals surface area contributed by atoms with E-state index in [4.69, 9.17) is 5.11 Å².